The van der Waals surface area contributed by atoms with Crippen LogP contribution in [-0.4, -0.2) is 27.4 Å². The molecule has 29 heavy (non-hydrogen) atoms. The van der Waals surface area contributed by atoms with Gasteiger partial charge in [-0.3, -0.25) is 0 Å². The van der Waals surface area contributed by atoms with E-state index in [4.69, 9.17) is 18.9 Å². The number of hydrogen-bond acceptors (Lipinski definition) is 4. The van der Waals surface area contributed by atoms with Crippen LogP contribution in [0.2, 0.25) is 0 Å². The lowest BCUT2D eigenvalue weighted by molar-refractivity contribution is 0.198. The van der Waals surface area contributed by atoms with Gasteiger partial charge in [0.2, 0.25) is 5.75 Å². The van der Waals surface area contributed by atoms with Crippen LogP contribution in [0.25, 0.3) is 22.9 Å². The second kappa shape index (κ2) is 9.37. The molecule has 0 aliphatic heterocycles. The highest BCUT2D eigenvalue weighted by molar-refractivity contribution is 5.96. The molecule has 3 rings (SSSR count). The number of hydrogen-bond donors (Lipinski definition) is 0. The second-order valence-electron chi connectivity index (χ2n) is 6.83. The molecular weight excluding hydrogens is 364 g/mol. The second-order valence-corrected chi connectivity index (χ2v) is 6.83. The van der Waals surface area contributed by atoms with Crippen molar-refractivity contribution in [3.63, 3.8) is 0 Å². The molecule has 0 aromatic heterocycles. The largest absolute Gasteiger partial charge is 0.496 e. The maximum Gasteiger partial charge on any atom is 0.203 e. The quantitative estimate of drug-likeness (QED) is 0.427. The van der Waals surface area contributed by atoms with E-state index in [-0.39, 0.29) is 6.10 Å². The van der Waals surface area contributed by atoms with Gasteiger partial charge in [-0.15, -0.1) is 0 Å². The molecule has 0 fully saturated rings. The fourth-order valence-electron chi connectivity index (χ4n) is 3.20. The van der Waals surface area contributed by atoms with Crippen molar-refractivity contribution < 1.29 is 18.9 Å². The Hall–Kier alpha value is -3.14. The van der Waals surface area contributed by atoms with Crippen LogP contribution >= 0.6 is 0 Å². The highest BCUT2D eigenvalue weighted by Crippen LogP contribution is 2.40. The first-order valence-corrected chi connectivity index (χ1v) is 9.77. The van der Waals surface area contributed by atoms with Crippen LogP contribution in [0.1, 0.15) is 31.4 Å². The standard InChI is InChI=1S/C25H28O4/c1-6-17(2)29-25-23(27-4)15-18(16-24(25)28-5)11-12-19-13-14-22(26-3)21-10-8-7-9-20(19)21/h7-17H,6H2,1-5H3/b12-11+. The predicted octanol–water partition coefficient (Wildman–Crippen LogP) is 6.21. The van der Waals surface area contributed by atoms with Crippen LogP contribution in [0.15, 0.2) is 48.5 Å². The summed E-state index contributed by atoms with van der Waals surface area (Å²) in [5.74, 6) is 2.82. The van der Waals surface area contributed by atoms with Gasteiger partial charge in [-0.2, -0.15) is 0 Å². The van der Waals surface area contributed by atoms with Gasteiger partial charge in [-0.1, -0.05) is 49.4 Å². The zero-order valence-corrected chi connectivity index (χ0v) is 17.7. The predicted molar refractivity (Wildman–Crippen MR) is 119 cm³/mol. The molecule has 0 saturated heterocycles. The van der Waals surface area contributed by atoms with Gasteiger partial charge in [-0.05, 0) is 48.1 Å². The lowest BCUT2D eigenvalue weighted by Gasteiger charge is -2.18. The molecule has 0 N–H and O–H groups in total. The number of fused-ring (bicyclic) bond motifs is 1. The highest BCUT2D eigenvalue weighted by atomic mass is 16.5. The summed E-state index contributed by atoms with van der Waals surface area (Å²) in [4.78, 5) is 0. The molecule has 0 bridgehead atoms. The molecule has 152 valence electrons. The Kier molecular flexibility index (Phi) is 6.65. The zero-order chi connectivity index (χ0) is 20.8. The van der Waals surface area contributed by atoms with E-state index in [1.54, 1.807) is 21.3 Å². The Balaban J connectivity index is 2.00. The Bertz CT molecular complexity index is 982. The summed E-state index contributed by atoms with van der Waals surface area (Å²) < 4.78 is 22.7. The lowest BCUT2D eigenvalue weighted by Crippen LogP contribution is -2.11. The number of rotatable bonds is 8. The minimum absolute atomic E-state index is 0.0739. The van der Waals surface area contributed by atoms with Gasteiger partial charge in [0.25, 0.3) is 0 Å². The molecule has 1 unspecified atom stereocenters. The van der Waals surface area contributed by atoms with E-state index in [0.29, 0.717) is 17.2 Å². The van der Waals surface area contributed by atoms with Crippen molar-refractivity contribution in [1.82, 2.24) is 0 Å². The van der Waals surface area contributed by atoms with Crippen molar-refractivity contribution in [3.8, 4) is 23.0 Å². The minimum Gasteiger partial charge on any atom is -0.496 e. The molecule has 0 radical (unpaired) electrons. The van der Waals surface area contributed by atoms with Gasteiger partial charge in [-0.25, -0.2) is 0 Å². The first-order chi connectivity index (χ1) is 14.1. The van der Waals surface area contributed by atoms with Gasteiger partial charge >= 0.3 is 0 Å². The average molecular weight is 392 g/mol. The maximum absolute atomic E-state index is 6.02. The summed E-state index contributed by atoms with van der Waals surface area (Å²) in [6, 6.07) is 16.2. The summed E-state index contributed by atoms with van der Waals surface area (Å²) in [5.41, 5.74) is 2.08. The normalized spacial score (nSPS) is 12.2. The summed E-state index contributed by atoms with van der Waals surface area (Å²) in [7, 11) is 4.98. The SMILES string of the molecule is CCC(C)Oc1c(OC)cc(/C=C/c2ccc(OC)c3ccccc23)cc1OC. The van der Waals surface area contributed by atoms with Gasteiger partial charge in [0.15, 0.2) is 11.5 Å². The summed E-state index contributed by atoms with van der Waals surface area (Å²) >= 11 is 0. The van der Waals surface area contributed by atoms with Crippen molar-refractivity contribution in [3.05, 3.63) is 59.7 Å². The Morgan fingerprint density at radius 2 is 1.41 bits per heavy atom. The average Bonchev–Trinajstić information content (AvgIpc) is 2.77. The van der Waals surface area contributed by atoms with E-state index >= 15 is 0 Å². The zero-order valence-electron chi connectivity index (χ0n) is 17.7. The molecule has 0 heterocycles. The van der Waals surface area contributed by atoms with Crippen molar-refractivity contribution in [2.75, 3.05) is 21.3 Å². The first-order valence-electron chi connectivity index (χ1n) is 9.77. The van der Waals surface area contributed by atoms with E-state index < -0.39 is 0 Å². The van der Waals surface area contributed by atoms with E-state index in [1.165, 1.54) is 0 Å². The van der Waals surface area contributed by atoms with E-state index in [2.05, 4.69) is 31.2 Å². The molecule has 0 spiro atoms. The van der Waals surface area contributed by atoms with Crippen LogP contribution in [0, 0.1) is 0 Å². The van der Waals surface area contributed by atoms with Crippen LogP contribution in [0.3, 0.4) is 0 Å². The van der Waals surface area contributed by atoms with Crippen molar-refractivity contribution in [2.24, 2.45) is 0 Å². The molecule has 3 aromatic carbocycles. The molecule has 4 heteroatoms. The van der Waals surface area contributed by atoms with E-state index in [1.807, 2.05) is 43.3 Å². The van der Waals surface area contributed by atoms with E-state index in [9.17, 15) is 0 Å². The smallest absolute Gasteiger partial charge is 0.203 e. The molecule has 0 amide bonds. The highest BCUT2D eigenvalue weighted by Gasteiger charge is 2.16. The summed E-state index contributed by atoms with van der Waals surface area (Å²) in [6.07, 6.45) is 5.11. The van der Waals surface area contributed by atoms with Crippen LogP contribution in [0.4, 0.5) is 0 Å². The Labute approximate surface area is 172 Å². The van der Waals surface area contributed by atoms with Crippen LogP contribution in [0.5, 0.6) is 23.0 Å². The molecule has 0 saturated carbocycles. The lowest BCUT2D eigenvalue weighted by atomic mass is 10.0. The molecule has 3 aromatic rings. The summed E-state index contributed by atoms with van der Waals surface area (Å²) in [5, 5.41) is 2.23. The minimum atomic E-state index is 0.0739. The van der Waals surface area contributed by atoms with Gasteiger partial charge in [0, 0.05) is 5.39 Å². The van der Waals surface area contributed by atoms with Crippen LogP contribution in [-0.2, 0) is 0 Å². The van der Waals surface area contributed by atoms with Crippen molar-refractivity contribution in [1.29, 1.82) is 0 Å². The maximum atomic E-state index is 6.02. The van der Waals surface area contributed by atoms with Gasteiger partial charge < -0.3 is 18.9 Å². The third-order valence-corrected chi connectivity index (χ3v) is 4.97. The molecular formula is C25H28O4. The first kappa shape index (κ1) is 20.6. The molecule has 0 aliphatic carbocycles. The topological polar surface area (TPSA) is 36.9 Å². The summed E-state index contributed by atoms with van der Waals surface area (Å²) in [6.45, 7) is 4.11. The third-order valence-electron chi connectivity index (χ3n) is 4.97. The van der Waals surface area contributed by atoms with Crippen molar-refractivity contribution >= 4 is 22.9 Å². The number of benzene rings is 3. The van der Waals surface area contributed by atoms with E-state index in [0.717, 1.165) is 34.1 Å². The van der Waals surface area contributed by atoms with Gasteiger partial charge in [0.05, 0.1) is 27.4 Å². The Morgan fingerprint density at radius 3 is 2.00 bits per heavy atom. The molecule has 0 aliphatic rings. The fourth-order valence-corrected chi connectivity index (χ4v) is 3.20. The monoisotopic (exact) mass is 392 g/mol. The number of methoxy groups -OCH3 is 3. The number of ether oxygens (including phenoxy) is 4. The van der Waals surface area contributed by atoms with Gasteiger partial charge in [0.1, 0.15) is 5.75 Å². The molecule has 1 atom stereocenters. The fraction of sp³-hybridized carbons (Fsp3) is 0.280. The third kappa shape index (κ3) is 4.48. The van der Waals surface area contributed by atoms with Crippen molar-refractivity contribution in [2.45, 2.75) is 26.4 Å². The Morgan fingerprint density at radius 1 is 0.793 bits per heavy atom. The van der Waals surface area contributed by atoms with Crippen LogP contribution < -0.4 is 18.9 Å². The molecule has 4 nitrogen and oxygen atoms in total.